The van der Waals surface area contributed by atoms with Crippen molar-refractivity contribution in [1.29, 1.82) is 0 Å². The number of hydrogen-bond acceptors (Lipinski definition) is 3. The SMILES string of the molecule is CC(C)/C=C/C(=O)NOC1CCCCO1. The van der Waals surface area contributed by atoms with Gasteiger partial charge < -0.3 is 4.74 Å². The summed E-state index contributed by atoms with van der Waals surface area (Å²) in [6, 6.07) is 0. The average molecular weight is 213 g/mol. The van der Waals surface area contributed by atoms with Gasteiger partial charge in [-0.1, -0.05) is 19.9 Å². The second-order valence-corrected chi connectivity index (χ2v) is 3.98. The minimum Gasteiger partial charge on any atom is -0.350 e. The quantitative estimate of drug-likeness (QED) is 0.572. The highest BCUT2D eigenvalue weighted by molar-refractivity contribution is 5.86. The zero-order valence-electron chi connectivity index (χ0n) is 9.36. The van der Waals surface area contributed by atoms with Crippen LogP contribution in [0.25, 0.3) is 0 Å². The molecule has 1 unspecified atom stereocenters. The molecule has 1 aliphatic heterocycles. The minimum atomic E-state index is -0.282. The maximum atomic E-state index is 11.2. The van der Waals surface area contributed by atoms with Crippen molar-refractivity contribution in [2.24, 2.45) is 5.92 Å². The Morgan fingerprint density at radius 2 is 2.33 bits per heavy atom. The van der Waals surface area contributed by atoms with Crippen LogP contribution in [0.1, 0.15) is 33.1 Å². The predicted molar refractivity (Wildman–Crippen MR) is 56.8 cm³/mol. The first kappa shape index (κ1) is 12.2. The van der Waals surface area contributed by atoms with Gasteiger partial charge in [-0.3, -0.25) is 4.79 Å². The molecule has 4 heteroatoms. The first-order valence-electron chi connectivity index (χ1n) is 5.44. The number of hydroxylamine groups is 1. The van der Waals surface area contributed by atoms with E-state index in [9.17, 15) is 4.79 Å². The van der Waals surface area contributed by atoms with Gasteiger partial charge in [-0.25, -0.2) is 10.3 Å². The van der Waals surface area contributed by atoms with Crippen LogP contribution < -0.4 is 5.48 Å². The van der Waals surface area contributed by atoms with Crippen molar-refractivity contribution in [1.82, 2.24) is 5.48 Å². The second kappa shape index (κ2) is 6.58. The predicted octanol–water partition coefficient (Wildman–Crippen LogP) is 1.77. The Morgan fingerprint density at radius 1 is 1.53 bits per heavy atom. The van der Waals surface area contributed by atoms with E-state index in [0.717, 1.165) is 19.3 Å². The van der Waals surface area contributed by atoms with Crippen LogP contribution in [0.5, 0.6) is 0 Å². The Labute approximate surface area is 90.6 Å². The molecule has 0 saturated carbocycles. The van der Waals surface area contributed by atoms with Crippen LogP contribution in [-0.4, -0.2) is 18.8 Å². The highest BCUT2D eigenvalue weighted by Crippen LogP contribution is 2.12. The van der Waals surface area contributed by atoms with Gasteiger partial charge in [0, 0.05) is 19.1 Å². The van der Waals surface area contributed by atoms with Crippen LogP contribution in [0.4, 0.5) is 0 Å². The van der Waals surface area contributed by atoms with Gasteiger partial charge in [0.1, 0.15) is 0 Å². The van der Waals surface area contributed by atoms with Gasteiger partial charge in [0.2, 0.25) is 0 Å². The number of allylic oxidation sites excluding steroid dienone is 1. The molecule has 0 spiro atoms. The Hall–Kier alpha value is -0.870. The summed E-state index contributed by atoms with van der Waals surface area (Å²) in [4.78, 5) is 16.3. The van der Waals surface area contributed by atoms with Crippen LogP contribution >= 0.6 is 0 Å². The van der Waals surface area contributed by atoms with Crippen molar-refractivity contribution >= 4 is 5.91 Å². The van der Waals surface area contributed by atoms with E-state index in [-0.39, 0.29) is 12.2 Å². The normalized spacial score (nSPS) is 22.2. The third-order valence-electron chi connectivity index (χ3n) is 2.06. The molecule has 0 aromatic rings. The molecular weight excluding hydrogens is 194 g/mol. The Kier molecular flexibility index (Phi) is 5.36. The van der Waals surface area contributed by atoms with Crippen LogP contribution in [0.3, 0.4) is 0 Å². The number of rotatable bonds is 4. The fourth-order valence-electron chi connectivity index (χ4n) is 1.24. The number of ether oxygens (including phenoxy) is 1. The fraction of sp³-hybridized carbons (Fsp3) is 0.727. The highest BCUT2D eigenvalue weighted by Gasteiger charge is 2.14. The van der Waals surface area contributed by atoms with E-state index in [1.54, 1.807) is 0 Å². The lowest BCUT2D eigenvalue weighted by atomic mass is 10.2. The lowest BCUT2D eigenvalue weighted by Gasteiger charge is -2.21. The summed E-state index contributed by atoms with van der Waals surface area (Å²) < 4.78 is 5.29. The molecule has 1 aliphatic rings. The largest absolute Gasteiger partial charge is 0.350 e. The number of carbonyl (C=O) groups excluding carboxylic acids is 1. The van der Waals surface area contributed by atoms with Gasteiger partial charge in [-0.2, -0.15) is 0 Å². The van der Waals surface area contributed by atoms with E-state index in [2.05, 4.69) is 5.48 Å². The minimum absolute atomic E-state index is 0.238. The van der Waals surface area contributed by atoms with Crippen molar-refractivity contribution in [3.8, 4) is 0 Å². The van der Waals surface area contributed by atoms with Gasteiger partial charge in [0.25, 0.3) is 5.91 Å². The molecule has 1 saturated heterocycles. The molecule has 4 nitrogen and oxygen atoms in total. The van der Waals surface area contributed by atoms with E-state index < -0.39 is 0 Å². The van der Waals surface area contributed by atoms with E-state index in [0.29, 0.717) is 12.5 Å². The molecule has 1 amide bonds. The zero-order chi connectivity index (χ0) is 11.1. The summed E-state index contributed by atoms with van der Waals surface area (Å²) in [5, 5.41) is 0. The van der Waals surface area contributed by atoms with Crippen molar-refractivity contribution in [3.63, 3.8) is 0 Å². The molecule has 0 aromatic carbocycles. The fourth-order valence-corrected chi connectivity index (χ4v) is 1.24. The maximum Gasteiger partial charge on any atom is 0.267 e. The number of amides is 1. The molecule has 0 aliphatic carbocycles. The van der Waals surface area contributed by atoms with Crippen LogP contribution in [0.15, 0.2) is 12.2 Å². The third kappa shape index (κ3) is 5.54. The summed E-state index contributed by atoms with van der Waals surface area (Å²) in [5.41, 5.74) is 2.36. The lowest BCUT2D eigenvalue weighted by molar-refractivity contribution is -0.198. The summed E-state index contributed by atoms with van der Waals surface area (Å²) in [6.07, 6.45) is 6.01. The van der Waals surface area contributed by atoms with Crippen LogP contribution in [0.2, 0.25) is 0 Å². The van der Waals surface area contributed by atoms with E-state index >= 15 is 0 Å². The average Bonchev–Trinajstić information content (AvgIpc) is 2.25. The molecule has 1 rings (SSSR count). The van der Waals surface area contributed by atoms with E-state index in [4.69, 9.17) is 9.57 Å². The third-order valence-corrected chi connectivity index (χ3v) is 2.06. The smallest absolute Gasteiger partial charge is 0.267 e. The molecule has 86 valence electrons. The molecule has 1 fully saturated rings. The highest BCUT2D eigenvalue weighted by atomic mass is 16.8. The van der Waals surface area contributed by atoms with Crippen molar-refractivity contribution in [2.75, 3.05) is 6.61 Å². The Balaban J connectivity index is 2.15. The van der Waals surface area contributed by atoms with Crippen molar-refractivity contribution in [2.45, 2.75) is 39.4 Å². The summed E-state index contributed by atoms with van der Waals surface area (Å²) >= 11 is 0. The number of hydrogen-bond donors (Lipinski definition) is 1. The van der Waals surface area contributed by atoms with Gasteiger partial charge in [-0.05, 0) is 18.8 Å². The zero-order valence-corrected chi connectivity index (χ0v) is 9.36. The summed E-state index contributed by atoms with van der Waals surface area (Å²) in [6.45, 7) is 4.73. The van der Waals surface area contributed by atoms with E-state index in [1.165, 1.54) is 6.08 Å². The molecule has 1 heterocycles. The lowest BCUT2D eigenvalue weighted by Crippen LogP contribution is -2.32. The van der Waals surface area contributed by atoms with E-state index in [1.807, 2.05) is 19.9 Å². The van der Waals surface area contributed by atoms with Gasteiger partial charge in [0.05, 0.1) is 0 Å². The van der Waals surface area contributed by atoms with Gasteiger partial charge in [0.15, 0.2) is 6.29 Å². The molecule has 1 atom stereocenters. The number of carbonyl (C=O) groups is 1. The van der Waals surface area contributed by atoms with Gasteiger partial charge in [-0.15, -0.1) is 0 Å². The van der Waals surface area contributed by atoms with Crippen molar-refractivity contribution in [3.05, 3.63) is 12.2 Å². The second-order valence-electron chi connectivity index (χ2n) is 3.98. The summed E-state index contributed by atoms with van der Waals surface area (Å²) in [7, 11) is 0. The standard InChI is InChI=1S/C11H19NO3/c1-9(2)6-7-10(13)12-15-11-5-3-4-8-14-11/h6-7,9,11H,3-5,8H2,1-2H3,(H,12,13)/b7-6+. The molecule has 0 radical (unpaired) electrons. The number of nitrogens with one attached hydrogen (secondary N) is 1. The molecule has 15 heavy (non-hydrogen) atoms. The topological polar surface area (TPSA) is 47.6 Å². The monoisotopic (exact) mass is 213 g/mol. The molecule has 0 bridgehead atoms. The van der Waals surface area contributed by atoms with Crippen molar-refractivity contribution < 1.29 is 14.4 Å². The first-order valence-corrected chi connectivity index (χ1v) is 5.44. The molecule has 0 aromatic heterocycles. The van der Waals surface area contributed by atoms with Crippen LogP contribution in [-0.2, 0) is 14.4 Å². The Bertz CT molecular complexity index is 220. The maximum absolute atomic E-state index is 11.2. The molecule has 1 N–H and O–H groups in total. The first-order chi connectivity index (χ1) is 7.18. The van der Waals surface area contributed by atoms with Crippen LogP contribution in [0, 0.1) is 5.92 Å². The summed E-state index contributed by atoms with van der Waals surface area (Å²) in [5.74, 6) is 0.125. The van der Waals surface area contributed by atoms with Gasteiger partial charge >= 0.3 is 0 Å². The Morgan fingerprint density at radius 3 is 2.93 bits per heavy atom. The molecular formula is C11H19NO3.